The van der Waals surface area contributed by atoms with E-state index in [-0.39, 0.29) is 11.3 Å². The molecule has 0 radical (unpaired) electrons. The highest BCUT2D eigenvalue weighted by Gasteiger charge is 2.17. The van der Waals surface area contributed by atoms with Gasteiger partial charge in [0.05, 0.1) is 16.3 Å². The van der Waals surface area contributed by atoms with Crippen LogP contribution in [-0.2, 0) is 0 Å². The van der Waals surface area contributed by atoms with Gasteiger partial charge in [-0.2, -0.15) is 0 Å². The summed E-state index contributed by atoms with van der Waals surface area (Å²) in [6.45, 7) is 0. The predicted molar refractivity (Wildman–Crippen MR) is 81.1 cm³/mol. The first-order valence-corrected chi connectivity index (χ1v) is 6.63. The molecule has 106 valence electrons. The second-order valence-electron chi connectivity index (χ2n) is 5.20. The quantitative estimate of drug-likeness (QED) is 0.323. The summed E-state index contributed by atoms with van der Waals surface area (Å²) in [6.07, 6.45) is 0. The van der Waals surface area contributed by atoms with Crippen LogP contribution in [0.3, 0.4) is 0 Å². The largest absolute Gasteiger partial charge is 0.545 e. The predicted octanol–water partition coefficient (Wildman–Crippen LogP) is 2.86. The number of benzene rings is 4. The lowest BCUT2D eigenvalue weighted by molar-refractivity contribution is -0.383. The summed E-state index contributed by atoms with van der Waals surface area (Å²) in [5, 5.41) is 26.9. The molecule has 0 bridgehead atoms. The Bertz CT molecular complexity index is 1070. The Kier molecular flexibility index (Phi) is 2.36. The van der Waals surface area contributed by atoms with Gasteiger partial charge in [0, 0.05) is 11.5 Å². The Morgan fingerprint density at radius 3 is 2.09 bits per heavy atom. The highest BCUT2D eigenvalue weighted by molar-refractivity contribution is 6.25. The van der Waals surface area contributed by atoms with Crippen LogP contribution in [0.15, 0.2) is 48.5 Å². The Morgan fingerprint density at radius 2 is 1.45 bits per heavy atom. The van der Waals surface area contributed by atoms with Crippen molar-refractivity contribution in [3.05, 3.63) is 64.2 Å². The minimum atomic E-state index is -1.24. The van der Waals surface area contributed by atoms with E-state index in [9.17, 15) is 20.0 Å². The Labute approximate surface area is 123 Å². The topological polar surface area (TPSA) is 83.3 Å². The van der Waals surface area contributed by atoms with Crippen LogP contribution in [0, 0.1) is 10.1 Å². The summed E-state index contributed by atoms with van der Waals surface area (Å²) in [6, 6.07) is 13.3. The van der Waals surface area contributed by atoms with Crippen molar-refractivity contribution in [2.75, 3.05) is 0 Å². The monoisotopic (exact) mass is 290 g/mol. The van der Waals surface area contributed by atoms with Crippen molar-refractivity contribution in [2.45, 2.75) is 0 Å². The summed E-state index contributed by atoms with van der Waals surface area (Å²) >= 11 is 0. The summed E-state index contributed by atoms with van der Waals surface area (Å²) in [4.78, 5) is 21.9. The number of rotatable bonds is 2. The van der Waals surface area contributed by atoms with Crippen LogP contribution in [0.4, 0.5) is 5.69 Å². The molecule has 0 saturated heterocycles. The number of nitro benzene ring substituents is 1. The van der Waals surface area contributed by atoms with E-state index < -0.39 is 10.9 Å². The molecule has 0 spiro atoms. The lowest BCUT2D eigenvalue weighted by atomic mass is 9.92. The molecule has 5 heteroatoms. The maximum Gasteiger partial charge on any atom is 0.277 e. The second-order valence-corrected chi connectivity index (χ2v) is 5.20. The molecule has 0 N–H and O–H groups in total. The maximum absolute atomic E-state index is 11.2. The summed E-state index contributed by atoms with van der Waals surface area (Å²) in [5.74, 6) is -1.24. The van der Waals surface area contributed by atoms with Crippen molar-refractivity contribution in [1.82, 2.24) is 0 Å². The fraction of sp³-hybridized carbons (Fsp3) is 0. The highest BCUT2D eigenvalue weighted by Crippen LogP contribution is 2.38. The molecular weight excluding hydrogens is 282 g/mol. The van der Waals surface area contributed by atoms with E-state index in [0.717, 1.165) is 26.9 Å². The molecule has 0 saturated carbocycles. The number of nitro groups is 1. The van der Waals surface area contributed by atoms with Crippen molar-refractivity contribution in [3.63, 3.8) is 0 Å². The first-order valence-electron chi connectivity index (χ1n) is 6.63. The van der Waals surface area contributed by atoms with E-state index in [1.54, 1.807) is 18.2 Å². The molecule has 22 heavy (non-hydrogen) atoms. The number of carboxylic acid groups (broad SMARTS) is 1. The van der Waals surface area contributed by atoms with Gasteiger partial charge in [0.15, 0.2) is 0 Å². The van der Waals surface area contributed by atoms with Crippen molar-refractivity contribution >= 4 is 44.0 Å². The zero-order chi connectivity index (χ0) is 15.4. The average molecular weight is 290 g/mol. The third kappa shape index (κ3) is 1.56. The summed E-state index contributed by atoms with van der Waals surface area (Å²) < 4.78 is 0. The molecule has 0 unspecified atom stereocenters. The molecule has 4 rings (SSSR count). The van der Waals surface area contributed by atoms with Gasteiger partial charge in [-0.3, -0.25) is 10.1 Å². The van der Waals surface area contributed by atoms with Crippen molar-refractivity contribution in [1.29, 1.82) is 0 Å². The van der Waals surface area contributed by atoms with Gasteiger partial charge < -0.3 is 9.90 Å². The minimum Gasteiger partial charge on any atom is -0.545 e. The minimum absolute atomic E-state index is 0.0471. The molecular formula is C17H8NO4-. The second kappa shape index (κ2) is 4.14. The van der Waals surface area contributed by atoms with Gasteiger partial charge >= 0.3 is 0 Å². The summed E-state index contributed by atoms with van der Waals surface area (Å²) in [7, 11) is 0. The van der Waals surface area contributed by atoms with Crippen LogP contribution >= 0.6 is 0 Å². The van der Waals surface area contributed by atoms with E-state index in [2.05, 4.69) is 0 Å². The number of carbonyl (C=O) groups excluding carboxylic acids is 1. The third-order valence-corrected chi connectivity index (χ3v) is 4.01. The summed E-state index contributed by atoms with van der Waals surface area (Å²) in [5.41, 5.74) is 0.145. The van der Waals surface area contributed by atoms with Gasteiger partial charge in [-0.15, -0.1) is 0 Å². The number of hydrogen-bond donors (Lipinski definition) is 0. The lowest BCUT2D eigenvalue weighted by Crippen LogP contribution is -2.22. The first-order chi connectivity index (χ1) is 10.6. The molecule has 0 aliphatic carbocycles. The van der Waals surface area contributed by atoms with Crippen LogP contribution in [0.25, 0.3) is 32.3 Å². The van der Waals surface area contributed by atoms with E-state index in [4.69, 9.17) is 0 Å². The van der Waals surface area contributed by atoms with Gasteiger partial charge in [-0.05, 0) is 51.4 Å². The Balaban J connectivity index is 2.27. The van der Waals surface area contributed by atoms with Crippen LogP contribution in [0.1, 0.15) is 10.4 Å². The third-order valence-electron chi connectivity index (χ3n) is 4.01. The van der Waals surface area contributed by atoms with Crippen LogP contribution in [0.5, 0.6) is 0 Å². The van der Waals surface area contributed by atoms with E-state index in [1.165, 1.54) is 18.2 Å². The molecule has 0 atom stereocenters. The lowest BCUT2D eigenvalue weighted by Gasteiger charge is -2.13. The van der Waals surface area contributed by atoms with Gasteiger partial charge in [-0.25, -0.2) is 0 Å². The molecule has 0 aliphatic heterocycles. The van der Waals surface area contributed by atoms with Crippen molar-refractivity contribution in [2.24, 2.45) is 0 Å². The van der Waals surface area contributed by atoms with Gasteiger partial charge in [0.2, 0.25) is 0 Å². The van der Waals surface area contributed by atoms with E-state index in [0.29, 0.717) is 5.39 Å². The van der Waals surface area contributed by atoms with Crippen molar-refractivity contribution in [3.8, 4) is 0 Å². The van der Waals surface area contributed by atoms with Crippen molar-refractivity contribution < 1.29 is 14.8 Å². The Hall–Kier alpha value is -3.21. The van der Waals surface area contributed by atoms with E-state index in [1.807, 2.05) is 12.1 Å². The molecule has 0 amide bonds. The van der Waals surface area contributed by atoms with E-state index >= 15 is 0 Å². The number of nitrogens with zero attached hydrogens (tertiary/aromatic N) is 1. The number of aromatic carboxylic acids is 1. The van der Waals surface area contributed by atoms with Crippen LogP contribution < -0.4 is 5.11 Å². The zero-order valence-electron chi connectivity index (χ0n) is 11.2. The number of non-ortho nitro benzene ring substituents is 1. The molecule has 4 aromatic carbocycles. The average Bonchev–Trinajstić information content (AvgIpc) is 2.51. The fourth-order valence-electron chi connectivity index (χ4n) is 3.08. The van der Waals surface area contributed by atoms with Gasteiger partial charge in [-0.1, -0.05) is 18.2 Å². The van der Waals surface area contributed by atoms with Gasteiger partial charge in [0.1, 0.15) is 0 Å². The number of carbonyl (C=O) groups is 1. The highest BCUT2D eigenvalue weighted by atomic mass is 16.6. The molecule has 4 aromatic rings. The normalized spacial score (nSPS) is 11.5. The smallest absolute Gasteiger partial charge is 0.277 e. The van der Waals surface area contributed by atoms with Crippen LogP contribution in [-0.4, -0.2) is 10.9 Å². The zero-order valence-corrected chi connectivity index (χ0v) is 11.2. The van der Waals surface area contributed by atoms with Crippen LogP contribution in [0.2, 0.25) is 0 Å². The Morgan fingerprint density at radius 1 is 0.864 bits per heavy atom. The fourth-order valence-corrected chi connectivity index (χ4v) is 3.08. The standard InChI is InChI=1S/C17H9NO4/c19-17(20)12-7-10-2-1-9-4-6-14(18(21)22)13-5-3-11(8-12)15(10)16(9)13/h1-8H,(H,19,20)/p-1. The molecule has 0 aromatic heterocycles. The SMILES string of the molecule is O=C([O-])c1cc2ccc3ccc([N+](=O)[O-])c4ccc(c1)c2c34. The maximum atomic E-state index is 11.2. The first kappa shape index (κ1) is 12.5. The number of hydrogen-bond acceptors (Lipinski definition) is 4. The number of carboxylic acids is 1. The molecule has 0 fully saturated rings. The molecule has 0 aliphatic rings. The molecule has 0 heterocycles. The van der Waals surface area contributed by atoms with Gasteiger partial charge in [0.25, 0.3) is 5.69 Å². The molecule has 5 nitrogen and oxygen atoms in total.